The van der Waals surface area contributed by atoms with E-state index in [-0.39, 0.29) is 55.0 Å². The predicted octanol–water partition coefficient (Wildman–Crippen LogP) is 4.42. The number of morpholine rings is 1. The molecule has 1 saturated heterocycles. The molecular formula is C18H39N3OY. The molecule has 0 aliphatic carbocycles. The van der Waals surface area contributed by atoms with Gasteiger partial charge in [-0.2, -0.15) is 0 Å². The van der Waals surface area contributed by atoms with Crippen LogP contribution < -0.4 is 5.73 Å². The summed E-state index contributed by atoms with van der Waals surface area (Å²) >= 11 is 0. The van der Waals surface area contributed by atoms with Gasteiger partial charge in [0.2, 0.25) is 0 Å². The quantitative estimate of drug-likeness (QED) is 0.796. The summed E-state index contributed by atoms with van der Waals surface area (Å²) < 4.78 is 5.21. The first-order valence-corrected chi connectivity index (χ1v) is 7.05. The molecule has 1 aliphatic rings. The van der Waals surface area contributed by atoms with Crippen LogP contribution in [0.5, 0.6) is 0 Å². The molecule has 4 nitrogen and oxygen atoms in total. The summed E-state index contributed by atoms with van der Waals surface area (Å²) in [4.78, 5) is 6.58. The van der Waals surface area contributed by atoms with Gasteiger partial charge < -0.3 is 10.5 Å². The third-order valence-electron chi connectivity index (χ3n) is 3.16. The van der Waals surface area contributed by atoms with Crippen LogP contribution in [0.4, 0.5) is 5.82 Å². The van der Waals surface area contributed by atoms with Crippen molar-refractivity contribution in [3.63, 3.8) is 0 Å². The summed E-state index contributed by atoms with van der Waals surface area (Å²) in [5, 5.41) is 0. The third-order valence-corrected chi connectivity index (χ3v) is 3.16. The molecule has 1 aliphatic heterocycles. The smallest absolute Gasteiger partial charge is 0.123 e. The zero-order valence-electron chi connectivity index (χ0n) is 13.2. The zero-order chi connectivity index (χ0) is 14.3. The molecule has 1 fully saturated rings. The molecule has 0 saturated carbocycles. The second-order valence-corrected chi connectivity index (χ2v) is 5.38. The molecule has 0 amide bonds. The molecule has 1 aromatic rings. The van der Waals surface area contributed by atoms with Crippen LogP contribution in [0, 0.1) is 0 Å². The molecule has 23 heavy (non-hydrogen) atoms. The summed E-state index contributed by atoms with van der Waals surface area (Å²) in [5.74, 6) is 1.06. The Kier molecular flexibility index (Phi) is 22.5. The standard InChI is InChI=1S/C8H12N2.C7H15NO.3CH4.Y/c1-6(2)7-4-3-5-8(9)10-7;1-7(2)8-3-5-9-6-4-8;;;;/h3-6H,1-2H3,(H2,9,10);7H,3-6H2,1-2H3;3*1H4;. The van der Waals surface area contributed by atoms with Gasteiger partial charge in [0.15, 0.2) is 0 Å². The summed E-state index contributed by atoms with van der Waals surface area (Å²) in [6.45, 7) is 12.7. The van der Waals surface area contributed by atoms with Crippen LogP contribution in [0.3, 0.4) is 0 Å². The molecule has 0 atom stereocenters. The number of nitrogens with zero attached hydrogens (tertiary/aromatic N) is 2. The number of nitrogen functional groups attached to an aromatic ring is 1. The Bertz CT molecular complexity index is 367. The fourth-order valence-electron chi connectivity index (χ4n) is 1.88. The van der Waals surface area contributed by atoms with Crippen LogP contribution in [0.2, 0.25) is 0 Å². The molecule has 0 aromatic carbocycles. The maximum Gasteiger partial charge on any atom is 0.123 e. The summed E-state index contributed by atoms with van der Waals surface area (Å²) in [5.41, 5.74) is 6.54. The SMILES string of the molecule is C.C.C.CC(C)N1CCOCC1.CC(C)c1cccc(N)n1.[Y]. The van der Waals surface area contributed by atoms with Gasteiger partial charge in [0.1, 0.15) is 5.82 Å². The van der Waals surface area contributed by atoms with Crippen molar-refractivity contribution in [1.29, 1.82) is 0 Å². The molecule has 0 spiro atoms. The predicted molar refractivity (Wildman–Crippen MR) is 100 cm³/mol. The minimum atomic E-state index is 0. The molecule has 2 heterocycles. The van der Waals surface area contributed by atoms with Crippen molar-refractivity contribution >= 4 is 5.82 Å². The van der Waals surface area contributed by atoms with E-state index < -0.39 is 0 Å². The van der Waals surface area contributed by atoms with Gasteiger partial charge in [0, 0.05) is 57.5 Å². The maximum atomic E-state index is 5.49. The normalized spacial score (nSPS) is 13.5. The van der Waals surface area contributed by atoms with E-state index in [2.05, 4.69) is 37.6 Å². The Morgan fingerprint density at radius 3 is 1.87 bits per heavy atom. The third kappa shape index (κ3) is 13.0. The summed E-state index contributed by atoms with van der Waals surface area (Å²) in [6.07, 6.45) is 0. The molecule has 0 bridgehead atoms. The molecule has 0 unspecified atom stereocenters. The van der Waals surface area contributed by atoms with Crippen LogP contribution in [-0.4, -0.2) is 42.2 Å². The number of hydrogen-bond donors (Lipinski definition) is 1. The average molecular weight is 402 g/mol. The van der Waals surface area contributed by atoms with Gasteiger partial charge in [-0.3, -0.25) is 4.90 Å². The number of anilines is 1. The van der Waals surface area contributed by atoms with Gasteiger partial charge in [-0.15, -0.1) is 0 Å². The van der Waals surface area contributed by atoms with E-state index in [0.717, 1.165) is 32.0 Å². The van der Waals surface area contributed by atoms with Crippen molar-refractivity contribution < 1.29 is 37.4 Å². The molecule has 1 aromatic heterocycles. The Morgan fingerprint density at radius 1 is 1.04 bits per heavy atom. The van der Waals surface area contributed by atoms with Gasteiger partial charge in [0.05, 0.1) is 13.2 Å². The first-order chi connectivity index (χ1) is 9.00. The van der Waals surface area contributed by atoms with Crippen LogP contribution in [0.25, 0.3) is 0 Å². The Morgan fingerprint density at radius 2 is 1.57 bits per heavy atom. The average Bonchev–Trinajstić information content (AvgIpc) is 2.40. The zero-order valence-corrected chi connectivity index (χ0v) is 16.0. The van der Waals surface area contributed by atoms with E-state index in [0.29, 0.717) is 17.8 Å². The van der Waals surface area contributed by atoms with Crippen molar-refractivity contribution in [2.45, 2.75) is 61.9 Å². The number of nitrogens with two attached hydrogens (primary N) is 1. The van der Waals surface area contributed by atoms with Crippen LogP contribution in [0.1, 0.15) is 61.6 Å². The molecule has 1 radical (unpaired) electrons. The van der Waals surface area contributed by atoms with E-state index in [4.69, 9.17) is 10.5 Å². The minimum absolute atomic E-state index is 0. The molecule has 5 heteroatoms. The molecular weight excluding hydrogens is 363 g/mol. The van der Waals surface area contributed by atoms with Gasteiger partial charge in [-0.05, 0) is 31.9 Å². The van der Waals surface area contributed by atoms with Gasteiger partial charge in [-0.1, -0.05) is 42.2 Å². The van der Waals surface area contributed by atoms with E-state index in [9.17, 15) is 0 Å². The van der Waals surface area contributed by atoms with E-state index in [1.165, 1.54) is 0 Å². The van der Waals surface area contributed by atoms with E-state index in [1.807, 2.05) is 12.1 Å². The van der Waals surface area contributed by atoms with Gasteiger partial charge >= 0.3 is 0 Å². The number of aromatic nitrogens is 1. The fourth-order valence-corrected chi connectivity index (χ4v) is 1.88. The summed E-state index contributed by atoms with van der Waals surface area (Å²) in [7, 11) is 0. The van der Waals surface area contributed by atoms with Gasteiger partial charge in [-0.25, -0.2) is 4.98 Å². The summed E-state index contributed by atoms with van der Waals surface area (Å²) in [6, 6.07) is 6.40. The monoisotopic (exact) mass is 402 g/mol. The molecule has 2 N–H and O–H groups in total. The topological polar surface area (TPSA) is 51.4 Å². The van der Waals surface area contributed by atoms with Crippen LogP contribution in [-0.2, 0) is 37.4 Å². The van der Waals surface area contributed by atoms with Crippen molar-refractivity contribution in [3.8, 4) is 0 Å². The molecule has 2 rings (SSSR count). The largest absolute Gasteiger partial charge is 0.384 e. The Balaban J connectivity index is -0.000000134. The van der Waals surface area contributed by atoms with E-state index >= 15 is 0 Å². The van der Waals surface area contributed by atoms with Crippen molar-refractivity contribution in [3.05, 3.63) is 23.9 Å². The first-order valence-electron chi connectivity index (χ1n) is 7.05. The van der Waals surface area contributed by atoms with Crippen molar-refractivity contribution in [2.75, 3.05) is 32.0 Å². The van der Waals surface area contributed by atoms with Crippen molar-refractivity contribution in [2.24, 2.45) is 0 Å². The Hall–Kier alpha value is -0.0261. The second kappa shape index (κ2) is 16.8. The second-order valence-electron chi connectivity index (χ2n) is 5.38. The number of rotatable bonds is 2. The van der Waals surface area contributed by atoms with Gasteiger partial charge in [0.25, 0.3) is 0 Å². The minimum Gasteiger partial charge on any atom is -0.384 e. The molecule has 135 valence electrons. The number of hydrogen-bond acceptors (Lipinski definition) is 4. The van der Waals surface area contributed by atoms with Crippen LogP contribution >= 0.6 is 0 Å². The van der Waals surface area contributed by atoms with Crippen molar-refractivity contribution in [1.82, 2.24) is 9.88 Å². The number of ether oxygens (including phenoxy) is 1. The maximum absolute atomic E-state index is 5.49. The van der Waals surface area contributed by atoms with E-state index in [1.54, 1.807) is 6.07 Å². The number of pyridine rings is 1. The van der Waals surface area contributed by atoms with Crippen LogP contribution in [0.15, 0.2) is 18.2 Å². The first kappa shape index (κ1) is 30.8. The fraction of sp³-hybridized carbons (Fsp3) is 0.722. The Labute approximate surface area is 170 Å².